The molecule has 0 unspecified atom stereocenters. The predicted octanol–water partition coefficient (Wildman–Crippen LogP) is 2.86. The van der Waals surface area contributed by atoms with E-state index in [2.05, 4.69) is 16.2 Å². The lowest BCUT2D eigenvalue weighted by Crippen LogP contribution is -2.54. The third-order valence-electron chi connectivity index (χ3n) is 3.96. The van der Waals surface area contributed by atoms with Crippen molar-refractivity contribution < 1.29 is 14.4 Å². The molecule has 0 saturated heterocycles. The topological polar surface area (TPSA) is 87.3 Å². The summed E-state index contributed by atoms with van der Waals surface area (Å²) in [6.45, 7) is 5.54. The van der Waals surface area contributed by atoms with E-state index in [9.17, 15) is 14.4 Å². The van der Waals surface area contributed by atoms with Crippen LogP contribution in [0.3, 0.4) is 0 Å². The molecule has 0 aromatic heterocycles. The number of rotatable bonds is 5. The molecule has 3 N–H and O–H groups in total. The lowest BCUT2D eigenvalue weighted by Gasteiger charge is -2.22. The molecule has 2 aromatic rings. The van der Waals surface area contributed by atoms with Crippen LogP contribution in [-0.4, -0.2) is 23.8 Å². The van der Waals surface area contributed by atoms with E-state index in [0.717, 1.165) is 5.56 Å². The van der Waals surface area contributed by atoms with Gasteiger partial charge in [0.05, 0.1) is 0 Å². The van der Waals surface area contributed by atoms with Gasteiger partial charge in [0.15, 0.2) is 0 Å². The fourth-order valence-corrected chi connectivity index (χ4v) is 2.46. The molecule has 2 rings (SSSR count). The Balaban J connectivity index is 1.97. The molecule has 0 aliphatic carbocycles. The van der Waals surface area contributed by atoms with E-state index in [4.69, 9.17) is 11.6 Å². The third kappa shape index (κ3) is 5.82. The number of halogens is 1. The number of nitrogens with one attached hydrogen (secondary N) is 3. The highest BCUT2D eigenvalue weighted by atomic mass is 35.5. The fraction of sp³-hybridized carbons (Fsp3) is 0.250. The van der Waals surface area contributed by atoms with E-state index in [1.165, 1.54) is 0 Å². The van der Waals surface area contributed by atoms with Crippen molar-refractivity contribution in [2.24, 2.45) is 5.92 Å². The van der Waals surface area contributed by atoms with E-state index in [1.807, 2.05) is 19.1 Å². The van der Waals surface area contributed by atoms with E-state index in [0.29, 0.717) is 16.1 Å². The molecule has 27 heavy (non-hydrogen) atoms. The minimum atomic E-state index is -0.802. The van der Waals surface area contributed by atoms with Gasteiger partial charge >= 0.3 is 0 Å². The summed E-state index contributed by atoms with van der Waals surface area (Å²) < 4.78 is 0. The molecule has 6 nitrogen and oxygen atoms in total. The molecule has 1 atom stereocenters. The first-order valence-electron chi connectivity index (χ1n) is 8.51. The molecule has 0 saturated carbocycles. The van der Waals surface area contributed by atoms with Crippen LogP contribution < -0.4 is 16.2 Å². The van der Waals surface area contributed by atoms with Crippen LogP contribution in [0.25, 0.3) is 0 Å². The Bertz CT molecular complexity index is 817. The molecule has 142 valence electrons. The van der Waals surface area contributed by atoms with Crippen molar-refractivity contribution >= 4 is 29.3 Å². The van der Waals surface area contributed by atoms with Crippen molar-refractivity contribution in [2.75, 3.05) is 0 Å². The molecule has 0 heterocycles. The Hall–Kier alpha value is -2.86. The van der Waals surface area contributed by atoms with Gasteiger partial charge in [0, 0.05) is 16.1 Å². The van der Waals surface area contributed by atoms with Gasteiger partial charge in [-0.2, -0.15) is 0 Å². The number of hydrazine groups is 1. The van der Waals surface area contributed by atoms with E-state index < -0.39 is 17.9 Å². The summed E-state index contributed by atoms with van der Waals surface area (Å²) in [6.07, 6.45) is 0. The summed E-state index contributed by atoms with van der Waals surface area (Å²) in [7, 11) is 0. The van der Waals surface area contributed by atoms with E-state index in [1.54, 1.807) is 50.2 Å². The smallest absolute Gasteiger partial charge is 0.269 e. The van der Waals surface area contributed by atoms with Gasteiger partial charge < -0.3 is 5.32 Å². The summed E-state index contributed by atoms with van der Waals surface area (Å²) in [5.41, 5.74) is 6.55. The standard InChI is InChI=1S/C20H22ClN3O3/c1-12(2)17(22-18(25)14-6-4-13(3)5-7-14)20(27)24-23-19(26)15-8-10-16(21)11-9-15/h4-12,17H,1-3H3,(H,22,25)(H,23,26)(H,24,27)/t17-/m0/s1. The molecular weight excluding hydrogens is 366 g/mol. The average Bonchev–Trinajstić information content (AvgIpc) is 2.64. The molecule has 7 heteroatoms. The number of carbonyl (C=O) groups is 3. The van der Waals surface area contributed by atoms with Crippen molar-refractivity contribution in [3.8, 4) is 0 Å². The van der Waals surface area contributed by atoms with Gasteiger partial charge in [-0.3, -0.25) is 25.2 Å². The number of hydrogen-bond donors (Lipinski definition) is 3. The number of aryl methyl sites for hydroxylation is 1. The van der Waals surface area contributed by atoms with Crippen LogP contribution in [0, 0.1) is 12.8 Å². The number of hydrogen-bond acceptors (Lipinski definition) is 3. The third-order valence-corrected chi connectivity index (χ3v) is 4.21. The second-order valence-electron chi connectivity index (χ2n) is 6.51. The Kier molecular flexibility index (Phi) is 6.96. The average molecular weight is 388 g/mol. The van der Waals surface area contributed by atoms with Gasteiger partial charge in [0.2, 0.25) is 0 Å². The molecule has 0 aliphatic heterocycles. The fourth-order valence-electron chi connectivity index (χ4n) is 2.33. The van der Waals surface area contributed by atoms with Crippen LogP contribution in [0.15, 0.2) is 48.5 Å². The molecular formula is C20H22ClN3O3. The second-order valence-corrected chi connectivity index (χ2v) is 6.95. The second kappa shape index (κ2) is 9.19. The van der Waals surface area contributed by atoms with Crippen molar-refractivity contribution in [3.63, 3.8) is 0 Å². The largest absolute Gasteiger partial charge is 0.340 e. The van der Waals surface area contributed by atoms with E-state index >= 15 is 0 Å². The summed E-state index contributed by atoms with van der Waals surface area (Å²) in [4.78, 5) is 36.9. The van der Waals surface area contributed by atoms with Crippen LogP contribution in [0.4, 0.5) is 0 Å². The normalized spacial score (nSPS) is 11.6. The zero-order valence-electron chi connectivity index (χ0n) is 15.4. The molecule has 0 fully saturated rings. The van der Waals surface area contributed by atoms with Crippen molar-refractivity contribution in [2.45, 2.75) is 26.8 Å². The lowest BCUT2D eigenvalue weighted by molar-refractivity contribution is -0.124. The summed E-state index contributed by atoms with van der Waals surface area (Å²) >= 11 is 5.79. The Labute approximate surface area is 163 Å². The summed E-state index contributed by atoms with van der Waals surface area (Å²) in [5, 5.41) is 3.21. The molecule has 0 bridgehead atoms. The lowest BCUT2D eigenvalue weighted by atomic mass is 10.0. The minimum Gasteiger partial charge on any atom is -0.340 e. The van der Waals surface area contributed by atoms with Gasteiger partial charge in [0.1, 0.15) is 6.04 Å². The summed E-state index contributed by atoms with van der Waals surface area (Å²) in [5.74, 6) is -1.51. The quantitative estimate of drug-likeness (QED) is 0.689. The van der Waals surface area contributed by atoms with Gasteiger partial charge in [0.25, 0.3) is 17.7 Å². The molecule has 0 spiro atoms. The maximum absolute atomic E-state index is 12.4. The first kappa shape index (κ1) is 20.5. The zero-order valence-corrected chi connectivity index (χ0v) is 16.1. The van der Waals surface area contributed by atoms with Gasteiger partial charge in [-0.15, -0.1) is 0 Å². The van der Waals surface area contributed by atoms with E-state index in [-0.39, 0.29) is 11.8 Å². The van der Waals surface area contributed by atoms with Crippen molar-refractivity contribution in [1.29, 1.82) is 0 Å². The first-order valence-corrected chi connectivity index (χ1v) is 8.89. The van der Waals surface area contributed by atoms with Gasteiger partial charge in [-0.1, -0.05) is 43.1 Å². The molecule has 0 radical (unpaired) electrons. The SMILES string of the molecule is Cc1ccc(C(=O)N[C@H](C(=O)NNC(=O)c2ccc(Cl)cc2)C(C)C)cc1. The van der Waals surface area contributed by atoms with Crippen LogP contribution in [0.1, 0.15) is 40.1 Å². The zero-order chi connectivity index (χ0) is 20.0. The van der Waals surface area contributed by atoms with Crippen LogP contribution in [0.5, 0.6) is 0 Å². The highest BCUT2D eigenvalue weighted by Gasteiger charge is 2.25. The molecule has 0 aliphatic rings. The van der Waals surface area contributed by atoms with Gasteiger partial charge in [-0.05, 0) is 49.2 Å². The number of amides is 3. The summed E-state index contributed by atoms with van der Waals surface area (Å²) in [6, 6.07) is 12.5. The van der Waals surface area contributed by atoms with Crippen LogP contribution in [0.2, 0.25) is 5.02 Å². The van der Waals surface area contributed by atoms with Crippen molar-refractivity contribution in [1.82, 2.24) is 16.2 Å². The Morgan fingerprint density at radius 1 is 0.815 bits per heavy atom. The minimum absolute atomic E-state index is 0.174. The maximum Gasteiger partial charge on any atom is 0.269 e. The van der Waals surface area contributed by atoms with Gasteiger partial charge in [-0.25, -0.2) is 0 Å². The molecule has 3 amide bonds. The highest BCUT2D eigenvalue weighted by Crippen LogP contribution is 2.09. The van der Waals surface area contributed by atoms with Crippen LogP contribution >= 0.6 is 11.6 Å². The Morgan fingerprint density at radius 2 is 1.33 bits per heavy atom. The number of benzene rings is 2. The maximum atomic E-state index is 12.4. The van der Waals surface area contributed by atoms with Crippen molar-refractivity contribution in [3.05, 3.63) is 70.2 Å². The van der Waals surface area contributed by atoms with Crippen LogP contribution in [-0.2, 0) is 4.79 Å². The molecule has 2 aromatic carbocycles. The first-order chi connectivity index (χ1) is 12.8. The predicted molar refractivity (Wildman–Crippen MR) is 104 cm³/mol. The Morgan fingerprint density at radius 3 is 1.89 bits per heavy atom. The highest BCUT2D eigenvalue weighted by molar-refractivity contribution is 6.30. The monoisotopic (exact) mass is 387 g/mol. The number of carbonyl (C=O) groups excluding carboxylic acids is 3.